The van der Waals surface area contributed by atoms with E-state index in [9.17, 15) is 9.59 Å². The van der Waals surface area contributed by atoms with Gasteiger partial charge in [0.2, 0.25) is 11.8 Å². The van der Waals surface area contributed by atoms with Gasteiger partial charge in [0.15, 0.2) is 0 Å². The second-order valence-electron chi connectivity index (χ2n) is 6.52. The lowest BCUT2D eigenvalue weighted by atomic mass is 10.2. The molecule has 28 heavy (non-hydrogen) atoms. The molecule has 7 heteroatoms. The maximum absolute atomic E-state index is 12.4. The van der Waals surface area contributed by atoms with Gasteiger partial charge in [0, 0.05) is 49.7 Å². The minimum atomic E-state index is -0.0911. The van der Waals surface area contributed by atoms with E-state index in [0.29, 0.717) is 31.1 Å². The van der Waals surface area contributed by atoms with Crippen molar-refractivity contribution in [2.75, 3.05) is 43.4 Å². The summed E-state index contributed by atoms with van der Waals surface area (Å²) in [7, 11) is 0. The molecule has 148 valence electrons. The van der Waals surface area contributed by atoms with Crippen LogP contribution in [0.1, 0.15) is 6.42 Å². The van der Waals surface area contributed by atoms with Crippen LogP contribution in [0, 0.1) is 0 Å². The molecule has 0 unspecified atom stereocenters. The van der Waals surface area contributed by atoms with Gasteiger partial charge in [0.05, 0.1) is 10.8 Å². The van der Waals surface area contributed by atoms with E-state index in [0.717, 1.165) is 18.0 Å². The van der Waals surface area contributed by atoms with Crippen LogP contribution >= 0.6 is 23.4 Å². The molecule has 1 saturated heterocycles. The third-order valence-electron chi connectivity index (χ3n) is 4.61. The van der Waals surface area contributed by atoms with E-state index in [2.05, 4.69) is 22.3 Å². The lowest BCUT2D eigenvalue weighted by Crippen LogP contribution is -2.49. The number of nitrogens with zero attached hydrogens (tertiary/aromatic N) is 2. The number of hydrogen-bond acceptors (Lipinski definition) is 4. The minimum Gasteiger partial charge on any atom is -0.368 e. The molecular weight excluding hydrogens is 394 g/mol. The molecule has 0 bridgehead atoms. The second-order valence-corrected chi connectivity index (χ2v) is 7.95. The molecule has 1 aliphatic heterocycles. The average Bonchev–Trinajstić information content (AvgIpc) is 2.74. The molecule has 1 heterocycles. The van der Waals surface area contributed by atoms with Crippen LogP contribution in [-0.2, 0) is 9.59 Å². The largest absolute Gasteiger partial charge is 0.368 e. The molecule has 1 N–H and O–H groups in total. The number of hydrogen-bond donors (Lipinski definition) is 1. The van der Waals surface area contributed by atoms with Gasteiger partial charge in [-0.3, -0.25) is 9.59 Å². The predicted octanol–water partition coefficient (Wildman–Crippen LogP) is 3.29. The Morgan fingerprint density at radius 3 is 2.36 bits per heavy atom. The summed E-state index contributed by atoms with van der Waals surface area (Å²) in [4.78, 5) is 29.4. The maximum Gasteiger partial charge on any atom is 0.230 e. The fourth-order valence-corrected chi connectivity index (χ4v) is 4.14. The number of thioether (sulfide) groups is 1. The Morgan fingerprint density at radius 1 is 0.964 bits per heavy atom. The molecule has 2 amide bonds. The quantitative estimate of drug-likeness (QED) is 0.702. The van der Waals surface area contributed by atoms with Crippen LogP contribution in [-0.4, -0.2) is 55.2 Å². The van der Waals surface area contributed by atoms with Crippen LogP contribution in [0.15, 0.2) is 59.5 Å². The highest BCUT2D eigenvalue weighted by molar-refractivity contribution is 8.00. The number of rotatable bonds is 7. The van der Waals surface area contributed by atoms with Gasteiger partial charge in [-0.05, 0) is 24.3 Å². The van der Waals surface area contributed by atoms with Crippen molar-refractivity contribution in [2.24, 2.45) is 0 Å². The monoisotopic (exact) mass is 417 g/mol. The van der Waals surface area contributed by atoms with E-state index in [-0.39, 0.29) is 17.6 Å². The third kappa shape index (κ3) is 5.91. The fourth-order valence-electron chi connectivity index (χ4n) is 3.08. The predicted molar refractivity (Wildman–Crippen MR) is 115 cm³/mol. The number of amides is 2. The van der Waals surface area contributed by atoms with Gasteiger partial charge in [-0.15, -0.1) is 11.8 Å². The summed E-state index contributed by atoms with van der Waals surface area (Å²) < 4.78 is 0. The van der Waals surface area contributed by atoms with Gasteiger partial charge in [0.1, 0.15) is 0 Å². The van der Waals surface area contributed by atoms with Gasteiger partial charge in [0.25, 0.3) is 0 Å². The van der Waals surface area contributed by atoms with Crippen LogP contribution in [0.3, 0.4) is 0 Å². The molecule has 1 aliphatic rings. The molecule has 0 atom stereocenters. The Hall–Kier alpha value is -2.18. The molecule has 0 aliphatic carbocycles. The number of carbonyl (C=O) groups is 2. The van der Waals surface area contributed by atoms with Crippen molar-refractivity contribution in [3.8, 4) is 0 Å². The van der Waals surface area contributed by atoms with E-state index in [1.54, 1.807) is 6.07 Å². The Balaban J connectivity index is 1.33. The average molecular weight is 418 g/mol. The van der Waals surface area contributed by atoms with Crippen LogP contribution < -0.4 is 10.2 Å². The summed E-state index contributed by atoms with van der Waals surface area (Å²) in [5, 5.41) is 3.46. The Kier molecular flexibility index (Phi) is 7.62. The first-order valence-corrected chi connectivity index (χ1v) is 10.7. The highest BCUT2D eigenvalue weighted by Gasteiger charge is 2.21. The maximum atomic E-state index is 12.4. The summed E-state index contributed by atoms with van der Waals surface area (Å²) in [5.74, 6) is 0.284. The van der Waals surface area contributed by atoms with E-state index < -0.39 is 0 Å². The molecular formula is C21H24ClN3O2S. The number of nitrogens with one attached hydrogen (secondary N) is 1. The third-order valence-corrected chi connectivity index (χ3v) is 6.13. The summed E-state index contributed by atoms with van der Waals surface area (Å²) >= 11 is 7.48. The molecule has 1 fully saturated rings. The highest BCUT2D eigenvalue weighted by Crippen LogP contribution is 2.26. The Morgan fingerprint density at radius 2 is 1.64 bits per heavy atom. The topological polar surface area (TPSA) is 52.7 Å². The second kappa shape index (κ2) is 10.4. The first-order valence-electron chi connectivity index (χ1n) is 9.35. The summed E-state index contributed by atoms with van der Waals surface area (Å²) in [6.07, 6.45) is 0.327. The Bertz CT molecular complexity index is 795. The molecule has 0 aromatic heterocycles. The van der Waals surface area contributed by atoms with Crippen molar-refractivity contribution < 1.29 is 9.59 Å². The van der Waals surface area contributed by atoms with E-state index >= 15 is 0 Å². The molecule has 2 aromatic rings. The van der Waals surface area contributed by atoms with Gasteiger partial charge >= 0.3 is 0 Å². The van der Waals surface area contributed by atoms with E-state index in [1.807, 2.05) is 41.3 Å². The zero-order chi connectivity index (χ0) is 19.8. The van der Waals surface area contributed by atoms with Crippen molar-refractivity contribution in [1.82, 2.24) is 10.2 Å². The van der Waals surface area contributed by atoms with Gasteiger partial charge in [-0.25, -0.2) is 0 Å². The zero-order valence-electron chi connectivity index (χ0n) is 15.6. The summed E-state index contributed by atoms with van der Waals surface area (Å²) in [6.45, 7) is 3.45. The lowest BCUT2D eigenvalue weighted by Gasteiger charge is -2.36. The Labute approximate surface area is 175 Å². The lowest BCUT2D eigenvalue weighted by molar-refractivity contribution is -0.131. The van der Waals surface area contributed by atoms with Crippen LogP contribution in [0.25, 0.3) is 0 Å². The van der Waals surface area contributed by atoms with Crippen molar-refractivity contribution >= 4 is 40.9 Å². The number of halogens is 1. The van der Waals surface area contributed by atoms with Crippen LogP contribution in [0.5, 0.6) is 0 Å². The normalized spacial score (nSPS) is 14.0. The molecule has 0 saturated carbocycles. The molecule has 3 rings (SSSR count). The molecule has 0 radical (unpaired) electrons. The van der Waals surface area contributed by atoms with Crippen molar-refractivity contribution in [1.29, 1.82) is 0 Å². The number of carbonyl (C=O) groups excluding carboxylic acids is 2. The van der Waals surface area contributed by atoms with Crippen molar-refractivity contribution in [2.45, 2.75) is 11.3 Å². The smallest absolute Gasteiger partial charge is 0.230 e. The first kappa shape index (κ1) is 20.6. The van der Waals surface area contributed by atoms with Crippen LogP contribution in [0.4, 0.5) is 5.69 Å². The minimum absolute atomic E-state index is 0.0896. The summed E-state index contributed by atoms with van der Waals surface area (Å²) in [5.41, 5.74) is 1.19. The zero-order valence-corrected chi connectivity index (χ0v) is 17.2. The van der Waals surface area contributed by atoms with Crippen molar-refractivity contribution in [3.05, 3.63) is 59.6 Å². The van der Waals surface area contributed by atoms with E-state index in [1.165, 1.54) is 17.4 Å². The number of benzene rings is 2. The van der Waals surface area contributed by atoms with Crippen molar-refractivity contribution in [3.63, 3.8) is 0 Å². The number of piperazine rings is 1. The summed E-state index contributed by atoms with van der Waals surface area (Å²) in [6, 6.07) is 17.7. The molecule has 0 spiro atoms. The van der Waals surface area contributed by atoms with Crippen LogP contribution in [0.2, 0.25) is 5.02 Å². The fraction of sp³-hybridized carbons (Fsp3) is 0.333. The number of anilines is 1. The molecule has 2 aromatic carbocycles. The standard InChI is InChI=1S/C21H24ClN3O2S/c22-18-8-4-5-9-19(18)28-16-20(26)23-11-10-21(27)25-14-12-24(13-15-25)17-6-2-1-3-7-17/h1-9H,10-16H2,(H,23,26). The molecule has 5 nitrogen and oxygen atoms in total. The first-order chi connectivity index (χ1) is 13.6. The van der Waals surface area contributed by atoms with E-state index in [4.69, 9.17) is 11.6 Å². The number of para-hydroxylation sites is 1. The highest BCUT2D eigenvalue weighted by atomic mass is 35.5. The SMILES string of the molecule is O=C(CSc1ccccc1Cl)NCCC(=O)N1CCN(c2ccccc2)CC1. The van der Waals surface area contributed by atoms with Gasteiger partial charge in [-0.2, -0.15) is 0 Å². The van der Waals surface area contributed by atoms with Gasteiger partial charge < -0.3 is 15.1 Å². The van der Waals surface area contributed by atoms with Gasteiger partial charge in [-0.1, -0.05) is 41.9 Å².